The van der Waals surface area contributed by atoms with Gasteiger partial charge in [0, 0.05) is 18.4 Å². The van der Waals surface area contributed by atoms with E-state index in [1.165, 1.54) is 19.3 Å². The summed E-state index contributed by atoms with van der Waals surface area (Å²) in [5.41, 5.74) is 0. The zero-order valence-electron chi connectivity index (χ0n) is 9.51. The zero-order valence-corrected chi connectivity index (χ0v) is 11.1. The molecule has 0 aliphatic rings. The van der Waals surface area contributed by atoms with Crippen molar-refractivity contribution in [1.29, 1.82) is 0 Å². The predicted molar refractivity (Wildman–Crippen MR) is 66.0 cm³/mol. The predicted octanol–water partition coefficient (Wildman–Crippen LogP) is 2.50. The highest BCUT2D eigenvalue weighted by molar-refractivity contribution is 9.09. The summed E-state index contributed by atoms with van der Waals surface area (Å²) in [6.45, 7) is 7.77. The van der Waals surface area contributed by atoms with Crippen LogP contribution in [0.1, 0.15) is 33.1 Å². The highest BCUT2D eigenvalue weighted by atomic mass is 79.9. The molecular weight excluding hydrogens is 242 g/mol. The molecule has 0 heterocycles. The molecule has 0 aromatic carbocycles. The summed E-state index contributed by atoms with van der Waals surface area (Å²) in [6, 6.07) is 0. The van der Waals surface area contributed by atoms with Gasteiger partial charge in [-0.3, -0.25) is 0 Å². The minimum atomic E-state index is 0.280. The Morgan fingerprint density at radius 1 is 1.29 bits per heavy atom. The number of aliphatic hydroxyl groups is 1. The summed E-state index contributed by atoms with van der Waals surface area (Å²) in [5, 5.41) is 10.0. The normalized spacial score (nSPS) is 13.5. The molecule has 0 bridgehead atoms. The fraction of sp³-hybridized carbons (Fsp3) is 1.00. The van der Waals surface area contributed by atoms with E-state index in [4.69, 9.17) is 5.11 Å². The minimum absolute atomic E-state index is 0.280. The van der Waals surface area contributed by atoms with Crippen molar-refractivity contribution in [2.75, 3.05) is 31.6 Å². The molecule has 0 saturated heterocycles. The van der Waals surface area contributed by atoms with Crippen molar-refractivity contribution in [2.45, 2.75) is 33.1 Å². The summed E-state index contributed by atoms with van der Waals surface area (Å²) in [5.74, 6) is 0.721. The third kappa shape index (κ3) is 6.80. The molecule has 1 atom stereocenters. The lowest BCUT2D eigenvalue weighted by molar-refractivity contribution is 0.176. The molecule has 1 N–H and O–H groups in total. The Morgan fingerprint density at radius 2 is 2.00 bits per heavy atom. The van der Waals surface area contributed by atoms with Crippen molar-refractivity contribution >= 4 is 15.9 Å². The molecule has 0 spiro atoms. The highest BCUT2D eigenvalue weighted by Gasteiger charge is 2.10. The average Bonchev–Trinajstić information content (AvgIpc) is 2.22. The van der Waals surface area contributed by atoms with Gasteiger partial charge in [-0.2, -0.15) is 0 Å². The number of nitrogens with zero attached hydrogens (tertiary/aromatic N) is 1. The Kier molecular flexibility index (Phi) is 10.2. The molecule has 0 aromatic rings. The number of hydrogen-bond donors (Lipinski definition) is 1. The third-order valence-corrected chi connectivity index (χ3v) is 3.47. The van der Waals surface area contributed by atoms with Gasteiger partial charge in [0.2, 0.25) is 0 Å². The van der Waals surface area contributed by atoms with Crippen LogP contribution in [-0.2, 0) is 0 Å². The Morgan fingerprint density at radius 3 is 2.43 bits per heavy atom. The van der Waals surface area contributed by atoms with Gasteiger partial charge >= 0.3 is 0 Å². The fourth-order valence-electron chi connectivity index (χ4n) is 1.47. The van der Waals surface area contributed by atoms with Crippen LogP contribution < -0.4 is 0 Å². The lowest BCUT2D eigenvalue weighted by Gasteiger charge is -2.25. The Balaban J connectivity index is 3.80. The van der Waals surface area contributed by atoms with E-state index < -0.39 is 0 Å². The zero-order chi connectivity index (χ0) is 10.8. The maximum absolute atomic E-state index is 8.94. The van der Waals surface area contributed by atoms with Crippen LogP contribution >= 0.6 is 15.9 Å². The van der Waals surface area contributed by atoms with Gasteiger partial charge in [-0.1, -0.05) is 42.6 Å². The fourth-order valence-corrected chi connectivity index (χ4v) is 2.13. The lowest BCUT2D eigenvalue weighted by Crippen LogP contribution is -2.33. The Labute approximate surface area is 96.8 Å². The van der Waals surface area contributed by atoms with Gasteiger partial charge in [0.25, 0.3) is 0 Å². The summed E-state index contributed by atoms with van der Waals surface area (Å²) >= 11 is 3.53. The molecule has 1 unspecified atom stereocenters. The van der Waals surface area contributed by atoms with Crippen LogP contribution in [0.25, 0.3) is 0 Å². The number of rotatable bonds is 9. The largest absolute Gasteiger partial charge is 0.395 e. The standard InChI is InChI=1S/C11H24BrNO/c1-3-5-6-13(7-8-14)10-11(4-2)9-12/h11,14H,3-10H2,1-2H3. The Hall–Kier alpha value is 0.400. The molecule has 0 rings (SSSR count). The SMILES string of the molecule is CCCCN(CCO)CC(CC)CBr. The molecule has 0 saturated carbocycles. The van der Waals surface area contributed by atoms with Gasteiger partial charge in [0.15, 0.2) is 0 Å². The van der Waals surface area contributed by atoms with Gasteiger partial charge in [-0.15, -0.1) is 0 Å². The van der Waals surface area contributed by atoms with Crippen LogP contribution in [0.5, 0.6) is 0 Å². The number of hydrogen-bond acceptors (Lipinski definition) is 2. The maximum Gasteiger partial charge on any atom is 0.0558 e. The van der Waals surface area contributed by atoms with E-state index in [1.54, 1.807) is 0 Å². The topological polar surface area (TPSA) is 23.5 Å². The van der Waals surface area contributed by atoms with Gasteiger partial charge in [0.1, 0.15) is 0 Å². The van der Waals surface area contributed by atoms with Crippen molar-refractivity contribution in [3.8, 4) is 0 Å². The van der Waals surface area contributed by atoms with E-state index in [0.717, 1.165) is 30.9 Å². The molecule has 14 heavy (non-hydrogen) atoms. The van der Waals surface area contributed by atoms with Crippen LogP contribution in [-0.4, -0.2) is 41.6 Å². The van der Waals surface area contributed by atoms with Crippen molar-refractivity contribution in [1.82, 2.24) is 4.90 Å². The molecule has 0 amide bonds. The van der Waals surface area contributed by atoms with E-state index in [1.807, 2.05) is 0 Å². The quantitative estimate of drug-likeness (QED) is 0.648. The van der Waals surface area contributed by atoms with Crippen LogP contribution in [0, 0.1) is 5.92 Å². The summed E-state index contributed by atoms with van der Waals surface area (Å²) < 4.78 is 0. The highest BCUT2D eigenvalue weighted by Crippen LogP contribution is 2.09. The molecule has 86 valence electrons. The van der Waals surface area contributed by atoms with Gasteiger partial charge in [-0.25, -0.2) is 0 Å². The lowest BCUT2D eigenvalue weighted by atomic mass is 10.1. The first-order chi connectivity index (χ1) is 6.78. The first kappa shape index (κ1) is 14.4. The van der Waals surface area contributed by atoms with E-state index in [0.29, 0.717) is 0 Å². The van der Waals surface area contributed by atoms with Gasteiger partial charge in [0.05, 0.1) is 6.61 Å². The van der Waals surface area contributed by atoms with Crippen LogP contribution in [0.3, 0.4) is 0 Å². The molecule has 2 nitrogen and oxygen atoms in total. The average molecular weight is 266 g/mol. The van der Waals surface area contributed by atoms with Crippen LogP contribution in [0.15, 0.2) is 0 Å². The molecule has 3 heteroatoms. The second-order valence-electron chi connectivity index (χ2n) is 3.81. The molecule has 0 aromatic heterocycles. The Bertz CT molecular complexity index is 118. The monoisotopic (exact) mass is 265 g/mol. The van der Waals surface area contributed by atoms with Crippen molar-refractivity contribution in [2.24, 2.45) is 5.92 Å². The first-order valence-corrected chi connectivity index (χ1v) is 6.79. The number of alkyl halides is 1. The number of aliphatic hydroxyl groups excluding tert-OH is 1. The first-order valence-electron chi connectivity index (χ1n) is 5.67. The minimum Gasteiger partial charge on any atom is -0.395 e. The van der Waals surface area contributed by atoms with Gasteiger partial charge in [-0.05, 0) is 18.9 Å². The maximum atomic E-state index is 8.94. The summed E-state index contributed by atoms with van der Waals surface area (Å²) in [6.07, 6.45) is 3.67. The second kappa shape index (κ2) is 9.94. The van der Waals surface area contributed by atoms with E-state index >= 15 is 0 Å². The third-order valence-electron chi connectivity index (χ3n) is 2.56. The molecule has 0 radical (unpaired) electrons. The van der Waals surface area contributed by atoms with Gasteiger partial charge < -0.3 is 10.0 Å². The van der Waals surface area contributed by atoms with Crippen molar-refractivity contribution in [3.05, 3.63) is 0 Å². The van der Waals surface area contributed by atoms with E-state index in [9.17, 15) is 0 Å². The van der Waals surface area contributed by atoms with Crippen molar-refractivity contribution in [3.63, 3.8) is 0 Å². The summed E-state index contributed by atoms with van der Waals surface area (Å²) in [7, 11) is 0. The van der Waals surface area contributed by atoms with E-state index in [-0.39, 0.29) is 6.61 Å². The van der Waals surface area contributed by atoms with E-state index in [2.05, 4.69) is 34.7 Å². The molecular formula is C11H24BrNO. The van der Waals surface area contributed by atoms with Crippen molar-refractivity contribution < 1.29 is 5.11 Å². The smallest absolute Gasteiger partial charge is 0.0558 e. The molecule has 0 aliphatic carbocycles. The molecule has 0 fully saturated rings. The number of unbranched alkanes of at least 4 members (excludes halogenated alkanes) is 1. The molecule has 0 aliphatic heterocycles. The summed E-state index contributed by atoms with van der Waals surface area (Å²) in [4.78, 5) is 2.37. The van der Waals surface area contributed by atoms with Crippen LogP contribution in [0.2, 0.25) is 0 Å². The number of halogens is 1. The van der Waals surface area contributed by atoms with Crippen LogP contribution in [0.4, 0.5) is 0 Å². The second-order valence-corrected chi connectivity index (χ2v) is 4.45.